The van der Waals surface area contributed by atoms with E-state index in [-0.39, 0.29) is 18.4 Å². The number of aromatic nitrogens is 1. The van der Waals surface area contributed by atoms with Gasteiger partial charge in [0.2, 0.25) is 0 Å². The van der Waals surface area contributed by atoms with Gasteiger partial charge in [0.15, 0.2) is 0 Å². The minimum Gasteiger partial charge on any atom is -0.481 e. The lowest BCUT2D eigenvalue weighted by atomic mass is 10.0. The van der Waals surface area contributed by atoms with Crippen molar-refractivity contribution in [2.45, 2.75) is 40.0 Å². The van der Waals surface area contributed by atoms with Crippen LogP contribution in [0, 0.1) is 19.8 Å². The zero-order chi connectivity index (χ0) is 15.8. The van der Waals surface area contributed by atoms with Gasteiger partial charge in [-0.3, -0.25) is 9.78 Å². The van der Waals surface area contributed by atoms with Crippen LogP contribution < -0.4 is 10.6 Å². The number of amides is 2. The average Bonchev–Trinajstić information content (AvgIpc) is 2.39. The Morgan fingerprint density at radius 2 is 2.00 bits per heavy atom. The zero-order valence-electron chi connectivity index (χ0n) is 12.8. The maximum atomic E-state index is 11.8. The van der Waals surface area contributed by atoms with E-state index < -0.39 is 5.97 Å². The number of hydrogen-bond acceptors (Lipinski definition) is 3. The predicted octanol–water partition coefficient (Wildman–Crippen LogP) is 2.71. The first-order valence-electron chi connectivity index (χ1n) is 7.09. The van der Waals surface area contributed by atoms with Crippen LogP contribution in [-0.2, 0) is 4.79 Å². The summed E-state index contributed by atoms with van der Waals surface area (Å²) in [5.74, 6) is -0.515. The maximum Gasteiger partial charge on any atom is 0.319 e. The first kappa shape index (κ1) is 16.9. The normalized spacial score (nSPS) is 11.8. The van der Waals surface area contributed by atoms with Crippen molar-refractivity contribution in [3.63, 3.8) is 0 Å². The molecule has 0 bridgehead atoms. The number of aliphatic carboxylic acids is 1. The van der Waals surface area contributed by atoms with Gasteiger partial charge in [-0.05, 0) is 44.7 Å². The first-order valence-corrected chi connectivity index (χ1v) is 7.09. The largest absolute Gasteiger partial charge is 0.481 e. The van der Waals surface area contributed by atoms with E-state index in [1.165, 1.54) is 0 Å². The summed E-state index contributed by atoms with van der Waals surface area (Å²) in [5.41, 5.74) is 2.38. The number of anilines is 1. The van der Waals surface area contributed by atoms with Gasteiger partial charge in [-0.1, -0.05) is 6.92 Å². The molecule has 0 aliphatic carbocycles. The minimum atomic E-state index is -0.783. The second-order valence-corrected chi connectivity index (χ2v) is 5.29. The highest BCUT2D eigenvalue weighted by molar-refractivity contribution is 5.89. The fourth-order valence-electron chi connectivity index (χ4n) is 1.93. The molecule has 2 amide bonds. The Kier molecular flexibility index (Phi) is 6.65. The van der Waals surface area contributed by atoms with Gasteiger partial charge >= 0.3 is 12.0 Å². The Hall–Kier alpha value is -2.11. The number of rotatable bonds is 7. The van der Waals surface area contributed by atoms with E-state index in [2.05, 4.69) is 15.6 Å². The molecule has 3 N–H and O–H groups in total. The molecule has 0 aromatic carbocycles. The molecule has 1 heterocycles. The van der Waals surface area contributed by atoms with Crippen molar-refractivity contribution in [1.82, 2.24) is 10.3 Å². The van der Waals surface area contributed by atoms with Crippen LogP contribution in [0.15, 0.2) is 12.1 Å². The van der Waals surface area contributed by atoms with Gasteiger partial charge in [0.05, 0.1) is 11.4 Å². The van der Waals surface area contributed by atoms with Crippen LogP contribution in [0.2, 0.25) is 0 Å². The average molecular weight is 293 g/mol. The SMILES string of the molecule is Cc1ccc(NC(=O)NCCC(C)CCC(=O)O)c(C)n1. The third kappa shape index (κ3) is 6.74. The Bertz CT molecular complexity index is 503. The number of carbonyl (C=O) groups excluding carboxylic acids is 1. The molecule has 6 nitrogen and oxygen atoms in total. The molecule has 1 rings (SSSR count). The van der Waals surface area contributed by atoms with Crippen LogP contribution in [-0.4, -0.2) is 28.6 Å². The molecule has 0 saturated carbocycles. The van der Waals surface area contributed by atoms with Crippen molar-refractivity contribution in [3.8, 4) is 0 Å². The van der Waals surface area contributed by atoms with Crippen LogP contribution in [0.1, 0.15) is 37.6 Å². The van der Waals surface area contributed by atoms with Gasteiger partial charge in [-0.25, -0.2) is 4.79 Å². The van der Waals surface area contributed by atoms with Crippen LogP contribution in [0.4, 0.5) is 10.5 Å². The fourth-order valence-corrected chi connectivity index (χ4v) is 1.93. The molecule has 1 unspecified atom stereocenters. The summed E-state index contributed by atoms with van der Waals surface area (Å²) in [7, 11) is 0. The molecule has 21 heavy (non-hydrogen) atoms. The van der Waals surface area contributed by atoms with E-state index in [1.54, 1.807) is 0 Å². The highest BCUT2D eigenvalue weighted by Crippen LogP contribution is 2.12. The zero-order valence-corrected chi connectivity index (χ0v) is 12.8. The highest BCUT2D eigenvalue weighted by atomic mass is 16.4. The molecule has 0 aliphatic rings. The maximum absolute atomic E-state index is 11.8. The van der Waals surface area contributed by atoms with Gasteiger partial charge in [-0.2, -0.15) is 0 Å². The van der Waals surface area contributed by atoms with Gasteiger partial charge in [-0.15, -0.1) is 0 Å². The molecular weight excluding hydrogens is 270 g/mol. The summed E-state index contributed by atoms with van der Waals surface area (Å²) in [5, 5.41) is 14.1. The summed E-state index contributed by atoms with van der Waals surface area (Å²) in [6, 6.07) is 3.40. The van der Waals surface area contributed by atoms with Crippen molar-refractivity contribution in [2.75, 3.05) is 11.9 Å². The fraction of sp³-hybridized carbons (Fsp3) is 0.533. The lowest BCUT2D eigenvalue weighted by molar-refractivity contribution is -0.137. The molecule has 116 valence electrons. The molecule has 1 atom stereocenters. The number of urea groups is 1. The molecule has 1 aromatic rings. The van der Waals surface area contributed by atoms with E-state index in [0.29, 0.717) is 18.7 Å². The number of carboxylic acid groups (broad SMARTS) is 1. The van der Waals surface area contributed by atoms with Crippen LogP contribution in [0.25, 0.3) is 0 Å². The van der Waals surface area contributed by atoms with Crippen molar-refractivity contribution in [2.24, 2.45) is 5.92 Å². The van der Waals surface area contributed by atoms with Gasteiger partial charge in [0.1, 0.15) is 0 Å². The predicted molar refractivity (Wildman–Crippen MR) is 81.4 cm³/mol. The smallest absolute Gasteiger partial charge is 0.319 e. The van der Waals surface area contributed by atoms with Crippen molar-refractivity contribution in [3.05, 3.63) is 23.5 Å². The van der Waals surface area contributed by atoms with Gasteiger partial charge in [0, 0.05) is 18.7 Å². The summed E-state index contributed by atoms with van der Waals surface area (Å²) < 4.78 is 0. The van der Waals surface area contributed by atoms with E-state index in [4.69, 9.17) is 5.11 Å². The Labute approximate surface area is 125 Å². The number of nitrogens with one attached hydrogen (secondary N) is 2. The Morgan fingerprint density at radius 1 is 1.29 bits per heavy atom. The lowest BCUT2D eigenvalue weighted by Gasteiger charge is -2.12. The third-order valence-corrected chi connectivity index (χ3v) is 3.25. The van der Waals surface area contributed by atoms with Crippen molar-refractivity contribution < 1.29 is 14.7 Å². The van der Waals surface area contributed by atoms with Crippen LogP contribution >= 0.6 is 0 Å². The number of pyridine rings is 1. The molecule has 1 aromatic heterocycles. The number of carboxylic acids is 1. The van der Waals surface area contributed by atoms with E-state index >= 15 is 0 Å². The molecule has 0 saturated heterocycles. The van der Waals surface area contributed by atoms with Gasteiger partial charge in [0.25, 0.3) is 0 Å². The monoisotopic (exact) mass is 293 g/mol. The van der Waals surface area contributed by atoms with E-state index in [1.807, 2.05) is 32.9 Å². The second-order valence-electron chi connectivity index (χ2n) is 5.29. The Balaban J connectivity index is 2.29. The summed E-state index contributed by atoms with van der Waals surface area (Å²) in [6.45, 7) is 6.24. The Morgan fingerprint density at radius 3 is 2.62 bits per heavy atom. The molecular formula is C15H23N3O3. The van der Waals surface area contributed by atoms with E-state index in [0.717, 1.165) is 17.8 Å². The summed E-state index contributed by atoms with van der Waals surface area (Å²) in [4.78, 5) is 26.5. The topological polar surface area (TPSA) is 91.3 Å². The molecule has 6 heteroatoms. The van der Waals surface area contributed by atoms with Gasteiger partial charge < -0.3 is 15.7 Å². The lowest BCUT2D eigenvalue weighted by Crippen LogP contribution is -2.30. The van der Waals surface area contributed by atoms with Crippen LogP contribution in [0.3, 0.4) is 0 Å². The first-order chi connectivity index (χ1) is 9.88. The quantitative estimate of drug-likeness (QED) is 0.721. The molecule has 0 aliphatic heterocycles. The highest BCUT2D eigenvalue weighted by Gasteiger charge is 2.08. The van der Waals surface area contributed by atoms with Crippen molar-refractivity contribution >= 4 is 17.7 Å². The number of nitrogens with zero attached hydrogens (tertiary/aromatic N) is 1. The third-order valence-electron chi connectivity index (χ3n) is 3.25. The summed E-state index contributed by atoms with van der Waals surface area (Å²) in [6.07, 6.45) is 1.55. The molecule has 0 spiro atoms. The minimum absolute atomic E-state index is 0.168. The molecule has 0 radical (unpaired) electrons. The second kappa shape index (κ2) is 8.24. The molecule has 0 fully saturated rings. The van der Waals surface area contributed by atoms with E-state index in [9.17, 15) is 9.59 Å². The number of carbonyl (C=O) groups is 2. The van der Waals surface area contributed by atoms with Crippen LogP contribution in [0.5, 0.6) is 0 Å². The van der Waals surface area contributed by atoms with Crippen molar-refractivity contribution in [1.29, 1.82) is 0 Å². The standard InChI is InChI=1S/C15H23N3O3/c1-10(4-7-14(19)20)8-9-16-15(21)18-13-6-5-11(2)17-12(13)3/h5-6,10H,4,7-9H2,1-3H3,(H,19,20)(H2,16,18,21). The number of aryl methyl sites for hydroxylation is 2. The summed E-state index contributed by atoms with van der Waals surface area (Å²) >= 11 is 0. The number of hydrogen-bond donors (Lipinski definition) is 3.